The molecule has 202 valence electrons. The Bertz CT molecular complexity index is 1430. The molecule has 3 aromatic carbocycles. The van der Waals surface area contributed by atoms with Gasteiger partial charge in [0.2, 0.25) is 10.0 Å². The van der Waals surface area contributed by atoms with Crippen LogP contribution in [0.5, 0.6) is 0 Å². The third-order valence-corrected chi connectivity index (χ3v) is 7.50. The van der Waals surface area contributed by atoms with Gasteiger partial charge in [0.1, 0.15) is 5.54 Å². The van der Waals surface area contributed by atoms with Gasteiger partial charge in [-0.15, -0.1) is 0 Å². The van der Waals surface area contributed by atoms with Gasteiger partial charge in [0, 0.05) is 16.8 Å². The van der Waals surface area contributed by atoms with E-state index in [1.807, 2.05) is 0 Å². The van der Waals surface area contributed by atoms with Crippen molar-refractivity contribution in [1.29, 1.82) is 0 Å². The van der Waals surface area contributed by atoms with Crippen molar-refractivity contribution < 1.29 is 36.3 Å². The number of amides is 1. The largest absolute Gasteiger partial charge is 0.547 e. The quantitative estimate of drug-likeness (QED) is 0.482. The Labute approximate surface area is 219 Å². The molecule has 0 aliphatic heterocycles. The lowest BCUT2D eigenvalue weighted by Crippen LogP contribution is -2.60. The van der Waals surface area contributed by atoms with Crippen LogP contribution in [0, 0.1) is 0 Å². The maximum absolute atomic E-state index is 13.7. The summed E-state index contributed by atoms with van der Waals surface area (Å²) in [5.74, 6) is -4.33. The van der Waals surface area contributed by atoms with Crippen LogP contribution in [0.1, 0.15) is 33.3 Å². The highest BCUT2D eigenvalue weighted by Crippen LogP contribution is 2.38. The molecule has 38 heavy (non-hydrogen) atoms. The van der Waals surface area contributed by atoms with Crippen LogP contribution >= 0.6 is 0 Å². The number of carbonyl (C=O) groups is 2. The summed E-state index contributed by atoms with van der Waals surface area (Å²) < 4.78 is 69.6. The average Bonchev–Trinajstić information content (AvgIpc) is 2.83. The second kappa shape index (κ2) is 10.2. The molecule has 0 fully saturated rings. The molecule has 11 heteroatoms. The molecule has 0 heterocycles. The number of halogens is 3. The number of carboxylic acid groups (broad SMARTS) is 1. The van der Waals surface area contributed by atoms with Crippen LogP contribution in [0.3, 0.4) is 0 Å². The highest BCUT2D eigenvalue weighted by Gasteiger charge is 2.50. The van der Waals surface area contributed by atoms with Gasteiger partial charge in [-0.1, -0.05) is 60.7 Å². The van der Waals surface area contributed by atoms with Crippen LogP contribution in [0.4, 0.5) is 18.9 Å². The van der Waals surface area contributed by atoms with Crippen molar-refractivity contribution >= 4 is 27.6 Å². The maximum atomic E-state index is 13.7. The molecule has 0 aromatic heterocycles. The number of rotatable bonds is 7. The first kappa shape index (κ1) is 28.9. The SMILES string of the molecule is CC(C)(C)NS(=O)(=O)c1ccccc1-c1ccc(N(C(=O)C(F)(F)F)C(C)(C(=O)[O-])c2ccccc2)cc1. The minimum atomic E-state index is -5.40. The van der Waals surface area contributed by atoms with Gasteiger partial charge in [-0.05, 0) is 57.0 Å². The van der Waals surface area contributed by atoms with E-state index < -0.39 is 39.2 Å². The summed E-state index contributed by atoms with van der Waals surface area (Å²) in [4.78, 5) is 24.9. The summed E-state index contributed by atoms with van der Waals surface area (Å²) in [6.45, 7) is 5.98. The number of aliphatic carboxylic acids is 1. The van der Waals surface area contributed by atoms with Crippen LogP contribution in [0.2, 0.25) is 0 Å². The number of sulfonamides is 1. The van der Waals surface area contributed by atoms with E-state index in [1.165, 1.54) is 54.6 Å². The first-order valence-electron chi connectivity index (χ1n) is 11.4. The molecule has 1 unspecified atom stereocenters. The number of carbonyl (C=O) groups excluding carboxylic acids is 2. The van der Waals surface area contributed by atoms with Gasteiger partial charge in [0.15, 0.2) is 0 Å². The van der Waals surface area contributed by atoms with E-state index in [0.717, 1.165) is 19.1 Å². The van der Waals surface area contributed by atoms with E-state index in [1.54, 1.807) is 32.9 Å². The first-order valence-corrected chi connectivity index (χ1v) is 12.9. The van der Waals surface area contributed by atoms with Crippen molar-refractivity contribution in [3.05, 3.63) is 84.4 Å². The van der Waals surface area contributed by atoms with E-state index in [-0.39, 0.29) is 26.6 Å². The van der Waals surface area contributed by atoms with Gasteiger partial charge in [-0.25, -0.2) is 13.1 Å². The van der Waals surface area contributed by atoms with E-state index in [2.05, 4.69) is 4.72 Å². The predicted octanol–water partition coefficient (Wildman–Crippen LogP) is 3.99. The lowest BCUT2D eigenvalue weighted by atomic mass is 9.89. The number of alkyl halides is 3. The van der Waals surface area contributed by atoms with E-state index in [9.17, 15) is 36.3 Å². The van der Waals surface area contributed by atoms with Crippen molar-refractivity contribution in [2.45, 2.75) is 49.8 Å². The Balaban J connectivity index is 2.17. The first-order chi connectivity index (χ1) is 17.5. The van der Waals surface area contributed by atoms with Crippen molar-refractivity contribution in [3.8, 4) is 11.1 Å². The summed E-state index contributed by atoms with van der Waals surface area (Å²) >= 11 is 0. The monoisotopic (exact) mass is 547 g/mol. The molecule has 0 aliphatic carbocycles. The molecule has 0 spiro atoms. The smallest absolute Gasteiger partial charge is 0.471 e. The molecule has 0 radical (unpaired) electrons. The van der Waals surface area contributed by atoms with Crippen LogP contribution in [-0.4, -0.2) is 32.0 Å². The fraction of sp³-hybridized carbons (Fsp3) is 0.259. The maximum Gasteiger partial charge on any atom is 0.471 e. The Hall–Kier alpha value is -3.70. The van der Waals surface area contributed by atoms with E-state index >= 15 is 0 Å². The third-order valence-electron chi connectivity index (χ3n) is 5.68. The second-order valence-corrected chi connectivity index (χ2v) is 11.4. The Kier molecular flexibility index (Phi) is 7.76. The van der Waals surface area contributed by atoms with Gasteiger partial charge in [-0.3, -0.25) is 9.69 Å². The van der Waals surface area contributed by atoms with E-state index in [0.29, 0.717) is 5.56 Å². The number of carboxylic acids is 1. The Morgan fingerprint density at radius 3 is 1.84 bits per heavy atom. The number of hydrogen-bond donors (Lipinski definition) is 1. The van der Waals surface area contributed by atoms with Gasteiger partial charge in [-0.2, -0.15) is 13.2 Å². The van der Waals surface area contributed by atoms with Crippen LogP contribution in [0.15, 0.2) is 83.8 Å². The highest BCUT2D eigenvalue weighted by molar-refractivity contribution is 7.89. The summed E-state index contributed by atoms with van der Waals surface area (Å²) in [6, 6.07) is 17.9. The molecule has 7 nitrogen and oxygen atoms in total. The summed E-state index contributed by atoms with van der Waals surface area (Å²) in [7, 11) is -3.98. The lowest BCUT2D eigenvalue weighted by Gasteiger charge is -2.42. The minimum Gasteiger partial charge on any atom is -0.547 e. The van der Waals surface area contributed by atoms with Gasteiger partial charge >= 0.3 is 12.1 Å². The van der Waals surface area contributed by atoms with Gasteiger partial charge in [0.05, 0.1) is 10.9 Å². The van der Waals surface area contributed by atoms with Gasteiger partial charge in [0.25, 0.3) is 0 Å². The van der Waals surface area contributed by atoms with Crippen molar-refractivity contribution in [3.63, 3.8) is 0 Å². The number of anilines is 1. The predicted molar refractivity (Wildman–Crippen MR) is 134 cm³/mol. The van der Waals surface area contributed by atoms with Crippen molar-refractivity contribution in [1.82, 2.24) is 4.72 Å². The van der Waals surface area contributed by atoms with Crippen molar-refractivity contribution in [2.75, 3.05) is 4.90 Å². The molecule has 0 saturated heterocycles. The van der Waals surface area contributed by atoms with Crippen LogP contribution < -0.4 is 14.7 Å². The average molecular weight is 548 g/mol. The molecule has 1 N–H and O–H groups in total. The highest BCUT2D eigenvalue weighted by atomic mass is 32.2. The molecular formula is C27H26F3N2O5S-. The minimum absolute atomic E-state index is 0.0604. The molecule has 1 amide bonds. The molecule has 3 rings (SSSR count). The molecule has 1 atom stereocenters. The van der Waals surface area contributed by atoms with Crippen LogP contribution in [0.25, 0.3) is 11.1 Å². The number of nitrogens with one attached hydrogen (secondary N) is 1. The fourth-order valence-electron chi connectivity index (χ4n) is 3.99. The molecule has 3 aromatic rings. The second-order valence-electron chi connectivity index (χ2n) is 9.76. The molecule has 0 bridgehead atoms. The number of nitrogens with zero attached hydrogens (tertiary/aromatic N) is 1. The Morgan fingerprint density at radius 2 is 1.34 bits per heavy atom. The van der Waals surface area contributed by atoms with E-state index in [4.69, 9.17) is 0 Å². The zero-order chi connectivity index (χ0) is 28.5. The van der Waals surface area contributed by atoms with Crippen molar-refractivity contribution in [2.24, 2.45) is 0 Å². The Morgan fingerprint density at radius 1 is 0.816 bits per heavy atom. The molecule has 0 aliphatic rings. The fourth-order valence-corrected chi connectivity index (χ4v) is 5.64. The standard InChI is InChI=1S/C27H27F3N2O5S/c1-25(2,3)31-38(36,37)22-13-9-8-12-21(22)18-14-16-20(17-15-18)32(23(33)27(28,29)30)26(4,24(34)35)19-10-6-5-7-11-19/h5-17,31H,1-4H3,(H,34,35)/p-1. The summed E-state index contributed by atoms with van der Waals surface area (Å²) in [5.41, 5.74) is -3.20. The molecular weight excluding hydrogens is 521 g/mol. The molecule has 0 saturated carbocycles. The van der Waals surface area contributed by atoms with Crippen LogP contribution in [-0.2, 0) is 25.2 Å². The third kappa shape index (κ3) is 5.89. The zero-order valence-electron chi connectivity index (χ0n) is 21.0. The zero-order valence-corrected chi connectivity index (χ0v) is 21.9. The van der Waals surface area contributed by atoms with Gasteiger partial charge < -0.3 is 9.90 Å². The topological polar surface area (TPSA) is 107 Å². The normalized spacial score (nSPS) is 14.0. The lowest BCUT2D eigenvalue weighted by molar-refractivity contribution is -0.313. The summed E-state index contributed by atoms with van der Waals surface area (Å²) in [5, 5.41) is 12.3. The summed E-state index contributed by atoms with van der Waals surface area (Å²) in [6.07, 6.45) is -5.40. The number of benzene rings is 3. The number of hydrogen-bond acceptors (Lipinski definition) is 5.